The summed E-state index contributed by atoms with van der Waals surface area (Å²) in [6, 6.07) is 3.28. The Labute approximate surface area is 113 Å². The van der Waals surface area contributed by atoms with Crippen molar-refractivity contribution in [3.63, 3.8) is 0 Å². The van der Waals surface area contributed by atoms with Crippen LogP contribution in [0.25, 0.3) is 0 Å². The van der Waals surface area contributed by atoms with E-state index in [0.29, 0.717) is 0 Å². The number of halogens is 1. The molecule has 19 heavy (non-hydrogen) atoms. The summed E-state index contributed by atoms with van der Waals surface area (Å²) in [5, 5.41) is 13.4. The molecule has 0 aliphatic carbocycles. The second-order valence-corrected chi connectivity index (χ2v) is 5.51. The first-order valence-electron chi connectivity index (χ1n) is 5.90. The molecule has 102 valence electrons. The summed E-state index contributed by atoms with van der Waals surface area (Å²) in [7, 11) is 0. The van der Waals surface area contributed by atoms with E-state index in [4.69, 9.17) is 0 Å². The van der Waals surface area contributed by atoms with Crippen LogP contribution in [0.4, 0.5) is 10.1 Å². The van der Waals surface area contributed by atoms with Gasteiger partial charge in [-0.2, -0.15) is 16.2 Å². The largest absolute Gasteiger partial charge is 0.349 e. The van der Waals surface area contributed by atoms with Gasteiger partial charge in [-0.05, 0) is 36.5 Å². The lowest BCUT2D eigenvalue weighted by Crippen LogP contribution is -2.37. The molecule has 0 spiro atoms. The fraction of sp³-hybridized carbons (Fsp3) is 0.417. The van der Waals surface area contributed by atoms with Gasteiger partial charge in [-0.3, -0.25) is 14.9 Å². The van der Waals surface area contributed by atoms with Gasteiger partial charge < -0.3 is 5.32 Å². The Balaban J connectivity index is 2.10. The van der Waals surface area contributed by atoms with Crippen LogP contribution in [0.2, 0.25) is 0 Å². The molecule has 1 aromatic rings. The van der Waals surface area contributed by atoms with Crippen LogP contribution in [0.5, 0.6) is 0 Å². The fourth-order valence-electron chi connectivity index (χ4n) is 1.90. The molecule has 7 heteroatoms. The van der Waals surface area contributed by atoms with E-state index in [1.807, 2.05) is 11.8 Å². The Morgan fingerprint density at radius 3 is 2.74 bits per heavy atom. The van der Waals surface area contributed by atoms with E-state index in [9.17, 15) is 19.3 Å². The molecular formula is C12H13FN2O3S. The first-order chi connectivity index (χ1) is 9.08. The number of carbonyl (C=O) groups excluding carboxylic acids is 1. The molecule has 0 bridgehead atoms. The van der Waals surface area contributed by atoms with Crippen LogP contribution in [0, 0.1) is 15.9 Å². The van der Waals surface area contributed by atoms with Crippen LogP contribution in [0.15, 0.2) is 18.2 Å². The first-order valence-corrected chi connectivity index (χ1v) is 7.06. The highest BCUT2D eigenvalue weighted by molar-refractivity contribution is 7.99. The molecule has 0 aromatic heterocycles. The van der Waals surface area contributed by atoms with E-state index >= 15 is 0 Å². The minimum Gasteiger partial charge on any atom is -0.349 e. The highest BCUT2D eigenvalue weighted by Gasteiger charge is 2.20. The summed E-state index contributed by atoms with van der Waals surface area (Å²) < 4.78 is 13.2. The molecule has 0 radical (unpaired) electrons. The number of thioether (sulfide) groups is 1. The molecular weight excluding hydrogens is 271 g/mol. The number of rotatable bonds is 3. The second-order valence-electron chi connectivity index (χ2n) is 4.28. The van der Waals surface area contributed by atoms with Crippen molar-refractivity contribution >= 4 is 23.4 Å². The van der Waals surface area contributed by atoms with Crippen LogP contribution >= 0.6 is 11.8 Å². The van der Waals surface area contributed by atoms with E-state index in [1.54, 1.807) is 0 Å². The van der Waals surface area contributed by atoms with Crippen LogP contribution in [-0.4, -0.2) is 28.4 Å². The maximum atomic E-state index is 13.2. The molecule has 1 aromatic carbocycles. The molecule has 1 fully saturated rings. The maximum absolute atomic E-state index is 13.2. The molecule has 1 aliphatic heterocycles. The van der Waals surface area contributed by atoms with Crippen molar-refractivity contribution < 1.29 is 14.1 Å². The average Bonchev–Trinajstić information content (AvgIpc) is 2.40. The van der Waals surface area contributed by atoms with Gasteiger partial charge in [-0.25, -0.2) is 0 Å². The third kappa shape index (κ3) is 3.44. The number of nitro benzene ring substituents is 1. The highest BCUT2D eigenvalue weighted by Crippen LogP contribution is 2.20. The van der Waals surface area contributed by atoms with Gasteiger partial charge in [0.25, 0.3) is 5.91 Å². The van der Waals surface area contributed by atoms with E-state index < -0.39 is 16.4 Å². The van der Waals surface area contributed by atoms with Crippen molar-refractivity contribution in [1.82, 2.24) is 5.32 Å². The predicted molar refractivity (Wildman–Crippen MR) is 70.9 cm³/mol. The maximum Gasteiger partial charge on any atom is 0.305 e. The van der Waals surface area contributed by atoms with Gasteiger partial charge in [0.15, 0.2) is 0 Å². The number of amides is 1. The smallest absolute Gasteiger partial charge is 0.305 e. The van der Waals surface area contributed by atoms with Crippen LogP contribution in [0.3, 0.4) is 0 Å². The van der Waals surface area contributed by atoms with Crippen LogP contribution in [0.1, 0.15) is 23.2 Å². The van der Waals surface area contributed by atoms with Gasteiger partial charge in [0.1, 0.15) is 0 Å². The van der Waals surface area contributed by atoms with Crippen molar-refractivity contribution in [1.29, 1.82) is 0 Å². The zero-order valence-corrected chi connectivity index (χ0v) is 10.9. The number of hydrogen-bond donors (Lipinski definition) is 1. The topological polar surface area (TPSA) is 72.2 Å². The molecule has 0 unspecified atom stereocenters. The van der Waals surface area contributed by atoms with Gasteiger partial charge >= 0.3 is 5.69 Å². The number of benzene rings is 1. The van der Waals surface area contributed by atoms with E-state index in [1.165, 1.54) is 6.07 Å². The van der Waals surface area contributed by atoms with Crippen molar-refractivity contribution in [3.05, 3.63) is 39.7 Å². The van der Waals surface area contributed by atoms with Gasteiger partial charge in [0, 0.05) is 17.7 Å². The van der Waals surface area contributed by atoms with Crippen molar-refractivity contribution in [2.24, 2.45) is 0 Å². The highest BCUT2D eigenvalue weighted by atomic mass is 32.2. The summed E-state index contributed by atoms with van der Waals surface area (Å²) in [4.78, 5) is 21.7. The monoisotopic (exact) mass is 284 g/mol. The zero-order chi connectivity index (χ0) is 13.8. The molecule has 1 aliphatic rings. The summed E-state index contributed by atoms with van der Waals surface area (Å²) >= 11 is 1.84. The predicted octanol–water partition coefficient (Wildman–Crippen LogP) is 2.36. The average molecular weight is 284 g/mol. The molecule has 1 amide bonds. The second kappa shape index (κ2) is 6.01. The summed E-state index contributed by atoms with van der Waals surface area (Å²) in [5.74, 6) is 0.666. The van der Waals surface area contributed by atoms with Crippen molar-refractivity contribution in [2.45, 2.75) is 18.9 Å². The Bertz CT molecular complexity index is 504. The van der Waals surface area contributed by atoms with E-state index in [-0.39, 0.29) is 17.5 Å². The van der Waals surface area contributed by atoms with Crippen molar-refractivity contribution in [3.8, 4) is 0 Å². The fourth-order valence-corrected chi connectivity index (χ4v) is 3.01. The van der Waals surface area contributed by atoms with Gasteiger partial charge in [0.2, 0.25) is 5.82 Å². The number of nitrogens with one attached hydrogen (secondary N) is 1. The van der Waals surface area contributed by atoms with Crippen LogP contribution < -0.4 is 5.32 Å². The zero-order valence-electron chi connectivity index (χ0n) is 10.1. The summed E-state index contributed by atoms with van der Waals surface area (Å²) in [5.41, 5.74) is -0.557. The summed E-state index contributed by atoms with van der Waals surface area (Å²) in [6.45, 7) is 0. The Kier molecular flexibility index (Phi) is 4.36. The standard InChI is InChI=1S/C12H13FN2O3S/c13-10-2-1-8(7-11(10)15(17)18)12(16)14-9-3-5-19-6-4-9/h1-2,7,9H,3-6H2,(H,14,16). The van der Waals surface area contributed by atoms with Gasteiger partial charge in [-0.1, -0.05) is 0 Å². The first kappa shape index (κ1) is 13.8. The van der Waals surface area contributed by atoms with Crippen LogP contribution in [-0.2, 0) is 0 Å². The van der Waals surface area contributed by atoms with Crippen molar-refractivity contribution in [2.75, 3.05) is 11.5 Å². The normalized spacial score (nSPS) is 16.1. The van der Waals surface area contributed by atoms with E-state index in [0.717, 1.165) is 36.5 Å². The SMILES string of the molecule is O=C(NC1CCSCC1)c1ccc(F)c([N+](=O)[O-])c1. The lowest BCUT2D eigenvalue weighted by atomic mass is 10.1. The Morgan fingerprint density at radius 1 is 1.42 bits per heavy atom. The number of hydrogen-bond acceptors (Lipinski definition) is 4. The molecule has 5 nitrogen and oxygen atoms in total. The summed E-state index contributed by atoms with van der Waals surface area (Å²) in [6.07, 6.45) is 1.78. The van der Waals surface area contributed by atoms with Gasteiger partial charge in [0.05, 0.1) is 4.92 Å². The Morgan fingerprint density at radius 2 is 2.11 bits per heavy atom. The lowest BCUT2D eigenvalue weighted by molar-refractivity contribution is -0.387. The minimum absolute atomic E-state index is 0.0952. The van der Waals surface area contributed by atoms with Gasteiger partial charge in [-0.15, -0.1) is 0 Å². The lowest BCUT2D eigenvalue weighted by Gasteiger charge is -2.22. The quantitative estimate of drug-likeness (QED) is 0.683. The Hall–Kier alpha value is -1.63. The minimum atomic E-state index is -0.935. The van der Waals surface area contributed by atoms with E-state index in [2.05, 4.69) is 5.32 Å². The number of carbonyl (C=O) groups is 1. The molecule has 0 atom stereocenters. The molecule has 1 N–H and O–H groups in total. The molecule has 1 heterocycles. The third-order valence-corrected chi connectivity index (χ3v) is 4.01. The molecule has 1 saturated heterocycles. The third-order valence-electron chi connectivity index (χ3n) is 2.96. The molecule has 0 saturated carbocycles. The number of nitrogens with zero attached hydrogens (tertiary/aromatic N) is 1. The molecule has 2 rings (SSSR count). The number of nitro groups is 1.